The molecule has 0 unspecified atom stereocenters. The number of para-hydroxylation sites is 1. The first-order chi connectivity index (χ1) is 17.0. The molecule has 0 radical (unpaired) electrons. The molecule has 0 spiro atoms. The molecular weight excluding hydrogens is 445 g/mol. The van der Waals surface area contributed by atoms with Crippen molar-refractivity contribution in [2.75, 3.05) is 13.1 Å². The van der Waals surface area contributed by atoms with E-state index >= 15 is 0 Å². The minimum absolute atomic E-state index is 0.00351. The second-order valence-electron chi connectivity index (χ2n) is 8.69. The molecule has 0 aliphatic carbocycles. The number of amides is 2. The van der Waals surface area contributed by atoms with Crippen LogP contribution in [-0.4, -0.2) is 50.2 Å². The molecule has 2 aromatic carbocycles. The standard InChI is InChI=1S/C27H26FN5O2/c1-19-8-2-3-9-21(19)25(34)30-20-12-16-32(17-13-20)27(35)22-18-29-33(24-11-5-4-10-23(24)28)26(22)31-14-6-7-15-31/h2-11,14-15,18,20H,12-13,16-17H2,1H3,(H,30,34). The van der Waals surface area contributed by atoms with Crippen molar-refractivity contribution < 1.29 is 14.0 Å². The molecule has 4 aromatic rings. The fourth-order valence-corrected chi connectivity index (χ4v) is 4.50. The van der Waals surface area contributed by atoms with Crippen LogP contribution in [0.15, 0.2) is 79.3 Å². The molecule has 0 atom stereocenters. The van der Waals surface area contributed by atoms with Gasteiger partial charge in [0, 0.05) is 37.1 Å². The van der Waals surface area contributed by atoms with Gasteiger partial charge in [-0.25, -0.2) is 9.07 Å². The summed E-state index contributed by atoms with van der Waals surface area (Å²) in [7, 11) is 0. The monoisotopic (exact) mass is 471 g/mol. The zero-order valence-corrected chi connectivity index (χ0v) is 19.4. The summed E-state index contributed by atoms with van der Waals surface area (Å²) in [6.07, 6.45) is 6.42. The van der Waals surface area contributed by atoms with Crippen LogP contribution in [-0.2, 0) is 0 Å². The van der Waals surface area contributed by atoms with Crippen LogP contribution < -0.4 is 5.32 Å². The van der Waals surface area contributed by atoms with E-state index in [1.54, 1.807) is 40.1 Å². The number of aryl methyl sites for hydroxylation is 1. The van der Waals surface area contributed by atoms with Crippen LogP contribution in [0, 0.1) is 12.7 Å². The Labute approximate surface area is 202 Å². The van der Waals surface area contributed by atoms with Gasteiger partial charge in [0.15, 0.2) is 5.82 Å². The van der Waals surface area contributed by atoms with Gasteiger partial charge in [-0.15, -0.1) is 0 Å². The maximum atomic E-state index is 14.6. The van der Waals surface area contributed by atoms with E-state index in [9.17, 15) is 14.0 Å². The van der Waals surface area contributed by atoms with Crippen molar-refractivity contribution in [3.8, 4) is 11.5 Å². The minimum atomic E-state index is -0.423. The third kappa shape index (κ3) is 4.47. The highest BCUT2D eigenvalue weighted by atomic mass is 19.1. The minimum Gasteiger partial charge on any atom is -0.349 e. The van der Waals surface area contributed by atoms with E-state index in [1.165, 1.54) is 16.9 Å². The van der Waals surface area contributed by atoms with Crippen LogP contribution >= 0.6 is 0 Å². The Balaban J connectivity index is 1.33. The van der Waals surface area contributed by atoms with E-state index in [-0.39, 0.29) is 23.5 Å². The molecule has 2 aromatic heterocycles. The molecule has 7 nitrogen and oxygen atoms in total. The number of aromatic nitrogens is 3. The zero-order chi connectivity index (χ0) is 24.4. The molecule has 35 heavy (non-hydrogen) atoms. The quantitative estimate of drug-likeness (QED) is 0.476. The summed E-state index contributed by atoms with van der Waals surface area (Å²) in [5.41, 5.74) is 2.27. The van der Waals surface area contributed by atoms with E-state index in [0.29, 0.717) is 42.9 Å². The lowest BCUT2D eigenvalue weighted by atomic mass is 10.0. The lowest BCUT2D eigenvalue weighted by molar-refractivity contribution is 0.0698. The van der Waals surface area contributed by atoms with Gasteiger partial charge in [0.1, 0.15) is 17.1 Å². The van der Waals surface area contributed by atoms with Crippen LogP contribution in [0.4, 0.5) is 4.39 Å². The average Bonchev–Trinajstić information content (AvgIpc) is 3.55. The predicted molar refractivity (Wildman–Crippen MR) is 130 cm³/mol. The van der Waals surface area contributed by atoms with Crippen LogP contribution in [0.3, 0.4) is 0 Å². The van der Waals surface area contributed by atoms with Crippen LogP contribution in [0.5, 0.6) is 0 Å². The first-order valence-corrected chi connectivity index (χ1v) is 11.6. The van der Waals surface area contributed by atoms with Gasteiger partial charge in [0.05, 0.1) is 6.20 Å². The van der Waals surface area contributed by atoms with Crippen molar-refractivity contribution in [2.24, 2.45) is 0 Å². The summed E-state index contributed by atoms with van der Waals surface area (Å²) >= 11 is 0. The fourth-order valence-electron chi connectivity index (χ4n) is 4.50. The predicted octanol–water partition coefficient (Wildman–Crippen LogP) is 4.15. The highest BCUT2D eigenvalue weighted by molar-refractivity contribution is 5.97. The largest absolute Gasteiger partial charge is 0.349 e. The number of benzene rings is 2. The first-order valence-electron chi connectivity index (χ1n) is 11.6. The second-order valence-corrected chi connectivity index (χ2v) is 8.69. The third-order valence-corrected chi connectivity index (χ3v) is 6.41. The normalized spacial score (nSPS) is 14.2. The second kappa shape index (κ2) is 9.58. The molecule has 1 fully saturated rings. The Morgan fingerprint density at radius 2 is 1.63 bits per heavy atom. The fraction of sp³-hybridized carbons (Fsp3) is 0.222. The van der Waals surface area contributed by atoms with Gasteiger partial charge in [-0.2, -0.15) is 5.10 Å². The molecular formula is C27H26FN5O2. The Kier molecular flexibility index (Phi) is 6.18. The number of piperidine rings is 1. The first kappa shape index (κ1) is 22.6. The molecule has 0 bridgehead atoms. The average molecular weight is 472 g/mol. The maximum absolute atomic E-state index is 14.6. The molecule has 8 heteroatoms. The summed E-state index contributed by atoms with van der Waals surface area (Å²) in [6.45, 7) is 2.93. The van der Waals surface area contributed by atoms with Crippen LogP contribution in [0.2, 0.25) is 0 Å². The van der Waals surface area contributed by atoms with E-state index in [4.69, 9.17) is 0 Å². The third-order valence-electron chi connectivity index (χ3n) is 6.41. The van der Waals surface area contributed by atoms with Crippen LogP contribution in [0.25, 0.3) is 11.5 Å². The number of carbonyl (C=O) groups excluding carboxylic acids is 2. The van der Waals surface area contributed by atoms with Gasteiger partial charge in [-0.3, -0.25) is 9.59 Å². The van der Waals surface area contributed by atoms with Gasteiger partial charge in [-0.1, -0.05) is 30.3 Å². The highest BCUT2D eigenvalue weighted by Gasteiger charge is 2.29. The maximum Gasteiger partial charge on any atom is 0.259 e. The van der Waals surface area contributed by atoms with Gasteiger partial charge in [0.25, 0.3) is 11.8 Å². The van der Waals surface area contributed by atoms with Crippen molar-refractivity contribution >= 4 is 11.8 Å². The van der Waals surface area contributed by atoms with Crippen molar-refractivity contribution in [1.82, 2.24) is 24.6 Å². The number of likely N-dealkylation sites (tertiary alicyclic amines) is 1. The molecule has 1 aliphatic heterocycles. The molecule has 5 rings (SSSR count). The van der Waals surface area contributed by atoms with Crippen LogP contribution in [0.1, 0.15) is 39.1 Å². The molecule has 0 saturated carbocycles. The van der Waals surface area contributed by atoms with Crippen molar-refractivity contribution in [2.45, 2.75) is 25.8 Å². The summed E-state index contributed by atoms with van der Waals surface area (Å²) < 4.78 is 17.8. The lowest BCUT2D eigenvalue weighted by Crippen LogP contribution is -2.46. The van der Waals surface area contributed by atoms with Gasteiger partial charge in [-0.05, 0) is 55.7 Å². The summed E-state index contributed by atoms with van der Waals surface area (Å²) in [6, 6.07) is 17.5. The lowest BCUT2D eigenvalue weighted by Gasteiger charge is -2.32. The number of nitrogens with zero attached hydrogens (tertiary/aromatic N) is 4. The molecule has 1 N–H and O–H groups in total. The Morgan fingerprint density at radius 1 is 0.943 bits per heavy atom. The van der Waals surface area contributed by atoms with Crippen molar-refractivity contribution in [1.29, 1.82) is 0 Å². The number of nitrogens with one attached hydrogen (secondary N) is 1. The number of hydrogen-bond donors (Lipinski definition) is 1. The number of rotatable bonds is 5. The highest BCUT2D eigenvalue weighted by Crippen LogP contribution is 2.24. The number of hydrogen-bond acceptors (Lipinski definition) is 3. The Hall–Kier alpha value is -4.20. The van der Waals surface area contributed by atoms with Gasteiger partial charge < -0.3 is 14.8 Å². The molecule has 2 amide bonds. The van der Waals surface area contributed by atoms with Crippen molar-refractivity contribution in [3.05, 3.63) is 102 Å². The van der Waals surface area contributed by atoms with Gasteiger partial charge in [0.2, 0.25) is 0 Å². The van der Waals surface area contributed by atoms with E-state index in [0.717, 1.165) is 5.56 Å². The topological polar surface area (TPSA) is 72.2 Å². The molecule has 3 heterocycles. The smallest absolute Gasteiger partial charge is 0.259 e. The summed E-state index contributed by atoms with van der Waals surface area (Å²) in [4.78, 5) is 28.0. The number of carbonyl (C=O) groups is 2. The SMILES string of the molecule is Cc1ccccc1C(=O)NC1CCN(C(=O)c2cnn(-c3ccccc3F)c2-n2cccc2)CC1. The van der Waals surface area contributed by atoms with E-state index in [1.807, 2.05) is 43.3 Å². The Morgan fingerprint density at radius 3 is 2.34 bits per heavy atom. The van der Waals surface area contributed by atoms with Crippen molar-refractivity contribution in [3.63, 3.8) is 0 Å². The number of halogens is 1. The summed E-state index contributed by atoms with van der Waals surface area (Å²) in [5, 5.41) is 7.47. The van der Waals surface area contributed by atoms with E-state index in [2.05, 4.69) is 10.4 Å². The zero-order valence-electron chi connectivity index (χ0n) is 19.4. The Bertz CT molecular complexity index is 1350. The van der Waals surface area contributed by atoms with E-state index < -0.39 is 5.82 Å². The molecule has 1 aliphatic rings. The molecule has 178 valence electrons. The summed E-state index contributed by atoms with van der Waals surface area (Å²) in [5.74, 6) is -0.192. The van der Waals surface area contributed by atoms with Gasteiger partial charge >= 0.3 is 0 Å². The molecule has 1 saturated heterocycles.